The number of likely N-dealkylation sites (tertiary alicyclic amines) is 1. The molecule has 102 valence electrons. The van der Waals surface area contributed by atoms with Crippen molar-refractivity contribution in [3.63, 3.8) is 0 Å². The fourth-order valence-corrected chi connectivity index (χ4v) is 2.25. The summed E-state index contributed by atoms with van der Waals surface area (Å²) in [5.74, 6) is -0.755. The van der Waals surface area contributed by atoms with E-state index in [0.717, 1.165) is 12.8 Å². The molecule has 1 heterocycles. The molecule has 19 heavy (non-hydrogen) atoms. The van der Waals surface area contributed by atoms with Crippen molar-refractivity contribution in [1.29, 1.82) is 0 Å². The fourth-order valence-electron chi connectivity index (χ4n) is 2.25. The number of imide groups is 1. The van der Waals surface area contributed by atoms with Crippen LogP contribution in [0.1, 0.15) is 36.8 Å². The van der Waals surface area contributed by atoms with Crippen LogP contribution in [0.5, 0.6) is 0 Å². The standard InChI is InChI=1S/C14H17FN2O2/c15-12-6-10(8-16)5-11(7-12)9-17-13(18)3-1-2-4-14(17)19/h5-7H,1-4,8-9,16H2. The molecule has 2 rings (SSSR count). The first-order valence-corrected chi connectivity index (χ1v) is 6.42. The molecular weight excluding hydrogens is 247 g/mol. The van der Waals surface area contributed by atoms with Gasteiger partial charge in [0.15, 0.2) is 0 Å². The van der Waals surface area contributed by atoms with Gasteiger partial charge in [-0.1, -0.05) is 6.07 Å². The molecule has 2 N–H and O–H groups in total. The third-order valence-electron chi connectivity index (χ3n) is 3.23. The van der Waals surface area contributed by atoms with Gasteiger partial charge in [-0.05, 0) is 36.1 Å². The van der Waals surface area contributed by atoms with E-state index in [4.69, 9.17) is 5.73 Å². The average Bonchev–Trinajstić information content (AvgIpc) is 2.53. The minimum absolute atomic E-state index is 0.127. The molecule has 0 bridgehead atoms. The Labute approximate surface area is 111 Å². The molecule has 0 atom stereocenters. The third-order valence-corrected chi connectivity index (χ3v) is 3.23. The average molecular weight is 264 g/mol. The molecule has 0 aromatic heterocycles. The number of nitrogens with two attached hydrogens (primary N) is 1. The highest BCUT2D eigenvalue weighted by molar-refractivity contribution is 5.95. The van der Waals surface area contributed by atoms with Crippen LogP contribution in [0.4, 0.5) is 4.39 Å². The maximum Gasteiger partial charge on any atom is 0.229 e. The third kappa shape index (κ3) is 3.38. The quantitative estimate of drug-likeness (QED) is 0.845. The summed E-state index contributed by atoms with van der Waals surface area (Å²) in [5.41, 5.74) is 6.74. The van der Waals surface area contributed by atoms with E-state index in [-0.39, 0.29) is 24.9 Å². The number of carbonyl (C=O) groups is 2. The van der Waals surface area contributed by atoms with E-state index in [1.807, 2.05) is 0 Å². The summed E-state index contributed by atoms with van der Waals surface area (Å²) in [6.45, 7) is 0.356. The smallest absolute Gasteiger partial charge is 0.229 e. The van der Waals surface area contributed by atoms with Crippen LogP contribution in [-0.4, -0.2) is 16.7 Å². The molecule has 5 heteroatoms. The normalized spacial score (nSPS) is 16.6. The van der Waals surface area contributed by atoms with Crippen LogP contribution in [-0.2, 0) is 22.7 Å². The minimum atomic E-state index is -0.396. The predicted octanol–water partition coefficient (Wildman–Crippen LogP) is 1.71. The van der Waals surface area contributed by atoms with Gasteiger partial charge in [0, 0.05) is 19.4 Å². The van der Waals surface area contributed by atoms with Gasteiger partial charge in [-0.3, -0.25) is 14.5 Å². The second-order valence-corrected chi connectivity index (χ2v) is 4.75. The van der Waals surface area contributed by atoms with Gasteiger partial charge in [-0.2, -0.15) is 0 Å². The van der Waals surface area contributed by atoms with Crippen LogP contribution in [0.25, 0.3) is 0 Å². The fraction of sp³-hybridized carbons (Fsp3) is 0.429. The molecule has 4 nitrogen and oxygen atoms in total. The lowest BCUT2D eigenvalue weighted by molar-refractivity contribution is -0.144. The van der Waals surface area contributed by atoms with Crippen molar-refractivity contribution in [3.8, 4) is 0 Å². The number of amides is 2. The molecule has 0 radical (unpaired) electrons. The topological polar surface area (TPSA) is 63.4 Å². The second kappa shape index (κ2) is 5.93. The van der Waals surface area contributed by atoms with E-state index >= 15 is 0 Å². The van der Waals surface area contributed by atoms with Gasteiger partial charge in [0.1, 0.15) is 5.82 Å². The Morgan fingerprint density at radius 1 is 1.05 bits per heavy atom. The van der Waals surface area contributed by atoms with E-state index in [1.54, 1.807) is 6.07 Å². The first kappa shape index (κ1) is 13.7. The summed E-state index contributed by atoms with van der Waals surface area (Å²) >= 11 is 0. The van der Waals surface area contributed by atoms with Crippen LogP contribution in [0.3, 0.4) is 0 Å². The Kier molecular flexibility index (Phi) is 4.27. The zero-order valence-corrected chi connectivity index (χ0v) is 10.7. The molecule has 0 unspecified atom stereocenters. The monoisotopic (exact) mass is 264 g/mol. The Balaban J connectivity index is 2.21. The lowest BCUT2D eigenvalue weighted by Gasteiger charge is -2.19. The zero-order valence-electron chi connectivity index (χ0n) is 10.7. The van der Waals surface area contributed by atoms with E-state index in [2.05, 4.69) is 0 Å². The molecule has 1 aliphatic heterocycles. The van der Waals surface area contributed by atoms with Gasteiger partial charge in [0.2, 0.25) is 11.8 Å². The van der Waals surface area contributed by atoms with E-state index in [9.17, 15) is 14.0 Å². The number of hydrogen-bond acceptors (Lipinski definition) is 3. The molecule has 1 aromatic carbocycles. The molecule has 0 spiro atoms. The molecule has 2 amide bonds. The van der Waals surface area contributed by atoms with Crippen molar-refractivity contribution >= 4 is 11.8 Å². The Hall–Kier alpha value is -1.75. The summed E-state index contributed by atoms with van der Waals surface area (Å²) in [5, 5.41) is 0. The van der Waals surface area contributed by atoms with Gasteiger partial charge in [-0.15, -0.1) is 0 Å². The maximum absolute atomic E-state index is 13.4. The molecular formula is C14H17FN2O2. The number of carbonyl (C=O) groups excluding carboxylic acids is 2. The number of halogens is 1. The van der Waals surface area contributed by atoms with Crippen LogP contribution in [0, 0.1) is 5.82 Å². The largest absolute Gasteiger partial charge is 0.326 e. The molecule has 0 aliphatic carbocycles. The summed E-state index contributed by atoms with van der Waals surface area (Å²) < 4.78 is 13.4. The van der Waals surface area contributed by atoms with Crippen molar-refractivity contribution in [2.75, 3.05) is 0 Å². The molecule has 1 fully saturated rings. The lowest BCUT2D eigenvalue weighted by Crippen LogP contribution is -2.34. The molecule has 0 saturated carbocycles. The molecule has 1 aromatic rings. The van der Waals surface area contributed by atoms with E-state index in [1.165, 1.54) is 17.0 Å². The van der Waals surface area contributed by atoms with Gasteiger partial charge >= 0.3 is 0 Å². The van der Waals surface area contributed by atoms with Crippen molar-refractivity contribution in [2.45, 2.75) is 38.8 Å². The Bertz CT molecular complexity index is 484. The van der Waals surface area contributed by atoms with Crippen molar-refractivity contribution < 1.29 is 14.0 Å². The van der Waals surface area contributed by atoms with Gasteiger partial charge in [0.25, 0.3) is 0 Å². The lowest BCUT2D eigenvalue weighted by atomic mass is 10.1. The van der Waals surface area contributed by atoms with Gasteiger partial charge in [-0.25, -0.2) is 4.39 Å². The number of benzene rings is 1. The zero-order chi connectivity index (χ0) is 13.8. The molecule has 1 aliphatic rings. The van der Waals surface area contributed by atoms with Gasteiger partial charge in [0.05, 0.1) is 6.54 Å². The highest BCUT2D eigenvalue weighted by Gasteiger charge is 2.24. The minimum Gasteiger partial charge on any atom is -0.326 e. The SMILES string of the molecule is NCc1cc(F)cc(CN2C(=O)CCCCC2=O)c1. The maximum atomic E-state index is 13.4. The van der Waals surface area contributed by atoms with Crippen molar-refractivity contribution in [2.24, 2.45) is 5.73 Å². The van der Waals surface area contributed by atoms with Crippen LogP contribution in [0.2, 0.25) is 0 Å². The number of hydrogen-bond donors (Lipinski definition) is 1. The van der Waals surface area contributed by atoms with Gasteiger partial charge < -0.3 is 5.73 Å². The van der Waals surface area contributed by atoms with Crippen LogP contribution in [0.15, 0.2) is 18.2 Å². The van der Waals surface area contributed by atoms with Crippen LogP contribution >= 0.6 is 0 Å². The summed E-state index contributed by atoms with van der Waals surface area (Å²) in [4.78, 5) is 24.9. The van der Waals surface area contributed by atoms with Crippen molar-refractivity contribution in [3.05, 3.63) is 35.1 Å². The predicted molar refractivity (Wildman–Crippen MR) is 68.3 cm³/mol. The summed E-state index contributed by atoms with van der Waals surface area (Å²) in [6, 6.07) is 4.43. The molecule has 1 saturated heterocycles. The number of nitrogens with zero attached hydrogens (tertiary/aromatic N) is 1. The Morgan fingerprint density at radius 3 is 2.21 bits per heavy atom. The first-order chi connectivity index (χ1) is 9.10. The Morgan fingerprint density at radius 2 is 1.63 bits per heavy atom. The van der Waals surface area contributed by atoms with Crippen molar-refractivity contribution in [1.82, 2.24) is 4.90 Å². The highest BCUT2D eigenvalue weighted by atomic mass is 19.1. The summed E-state index contributed by atoms with van der Waals surface area (Å²) in [7, 11) is 0. The summed E-state index contributed by atoms with van der Waals surface area (Å²) in [6.07, 6.45) is 2.23. The van der Waals surface area contributed by atoms with Crippen LogP contribution < -0.4 is 5.73 Å². The number of rotatable bonds is 3. The second-order valence-electron chi connectivity index (χ2n) is 4.75. The van der Waals surface area contributed by atoms with E-state index < -0.39 is 5.82 Å². The highest BCUT2D eigenvalue weighted by Crippen LogP contribution is 2.17. The van der Waals surface area contributed by atoms with E-state index in [0.29, 0.717) is 24.0 Å². The first-order valence-electron chi connectivity index (χ1n) is 6.42.